The van der Waals surface area contributed by atoms with E-state index < -0.39 is 0 Å². The first-order chi connectivity index (χ1) is 15.8. The molecule has 5 nitrogen and oxygen atoms in total. The monoisotopic (exact) mass is 450 g/mol. The zero-order valence-corrected chi connectivity index (χ0v) is 19.9. The molecule has 0 aromatic heterocycles. The lowest BCUT2D eigenvalue weighted by Gasteiger charge is -2.56. The molecule has 1 aliphatic heterocycles. The Labute approximate surface area is 195 Å². The normalized spacial score (nSPS) is 40.2. The van der Waals surface area contributed by atoms with Crippen molar-refractivity contribution in [1.82, 2.24) is 0 Å². The molecule has 1 N–H and O–H groups in total. The van der Waals surface area contributed by atoms with Gasteiger partial charge in [-0.25, -0.2) is 0 Å². The van der Waals surface area contributed by atoms with E-state index in [1.807, 2.05) is 18.2 Å². The van der Waals surface area contributed by atoms with Crippen LogP contribution in [-0.2, 0) is 4.79 Å². The van der Waals surface area contributed by atoms with Gasteiger partial charge in [0.25, 0.3) is 0 Å². The summed E-state index contributed by atoms with van der Waals surface area (Å²) in [6.07, 6.45) is 11.0. The Morgan fingerprint density at radius 1 is 1.09 bits per heavy atom. The summed E-state index contributed by atoms with van der Waals surface area (Å²) in [6.45, 7) is 4.83. The van der Waals surface area contributed by atoms with E-state index in [0.29, 0.717) is 40.8 Å². The number of ether oxygens (including phenoxy) is 3. The second kappa shape index (κ2) is 7.36. The molecule has 6 atom stereocenters. The first-order valence-corrected chi connectivity index (χ1v) is 12.4. The number of allylic oxidation sites excluding steroid dienone is 2. The summed E-state index contributed by atoms with van der Waals surface area (Å²) >= 11 is 0. The minimum Gasteiger partial charge on any atom is -0.493 e. The van der Waals surface area contributed by atoms with Gasteiger partial charge in [-0.1, -0.05) is 25.5 Å². The second-order valence-corrected chi connectivity index (χ2v) is 11.3. The van der Waals surface area contributed by atoms with Crippen molar-refractivity contribution in [1.29, 1.82) is 0 Å². The van der Waals surface area contributed by atoms with E-state index in [1.165, 1.54) is 5.57 Å². The molecular weight excluding hydrogens is 416 g/mol. The van der Waals surface area contributed by atoms with Gasteiger partial charge in [0, 0.05) is 5.41 Å². The Morgan fingerprint density at radius 2 is 1.91 bits per heavy atom. The highest BCUT2D eigenvalue weighted by Gasteiger charge is 2.59. The van der Waals surface area contributed by atoms with Crippen molar-refractivity contribution in [3.8, 4) is 17.2 Å². The van der Waals surface area contributed by atoms with Gasteiger partial charge < -0.3 is 19.3 Å². The summed E-state index contributed by atoms with van der Waals surface area (Å²) in [5, 5.41) is 10.2. The standard InChI is InChI=1S/C28H34O5/c1-27-8-6-19(29)14-18(27)4-5-20-21(27)7-9-28(2)22(20)13-17(26(28)30)10-16-11-23(31-3)25-24(12-16)32-15-33-25/h4,10-12,19-22,29H,5-9,13-15H2,1-3H3/b17-10+/t19-,20+,21-,22-,27-,28-/m0/s1. The molecule has 0 spiro atoms. The van der Waals surface area contributed by atoms with Gasteiger partial charge in [-0.3, -0.25) is 4.79 Å². The highest BCUT2D eigenvalue weighted by atomic mass is 16.7. The van der Waals surface area contributed by atoms with E-state index in [9.17, 15) is 9.90 Å². The second-order valence-electron chi connectivity index (χ2n) is 11.3. The molecule has 5 heteroatoms. The zero-order valence-electron chi connectivity index (χ0n) is 19.9. The fraction of sp³-hybridized carbons (Fsp3) is 0.607. The lowest BCUT2D eigenvalue weighted by atomic mass is 9.48. The van der Waals surface area contributed by atoms with Crippen molar-refractivity contribution in [2.75, 3.05) is 13.9 Å². The third-order valence-corrected chi connectivity index (χ3v) is 9.74. The number of carbonyl (C=O) groups excluding carboxylic acids is 1. The van der Waals surface area contributed by atoms with Crippen LogP contribution >= 0.6 is 0 Å². The number of aliphatic hydroxyl groups is 1. The first-order valence-electron chi connectivity index (χ1n) is 12.4. The molecule has 3 fully saturated rings. The van der Waals surface area contributed by atoms with Crippen molar-refractivity contribution in [2.45, 2.75) is 64.9 Å². The summed E-state index contributed by atoms with van der Waals surface area (Å²) < 4.78 is 16.6. The minimum absolute atomic E-state index is 0.184. The van der Waals surface area contributed by atoms with Gasteiger partial charge in [0.05, 0.1) is 13.2 Å². The molecule has 1 aromatic rings. The predicted octanol–water partition coefficient (Wildman–Crippen LogP) is 5.31. The Kier molecular flexibility index (Phi) is 4.75. The Morgan fingerprint density at radius 3 is 2.73 bits per heavy atom. The predicted molar refractivity (Wildman–Crippen MR) is 125 cm³/mol. The molecule has 0 unspecified atom stereocenters. The molecule has 1 heterocycles. The number of carbonyl (C=O) groups is 1. The maximum atomic E-state index is 13.7. The number of methoxy groups -OCH3 is 1. The van der Waals surface area contributed by atoms with E-state index in [4.69, 9.17) is 14.2 Å². The van der Waals surface area contributed by atoms with E-state index in [-0.39, 0.29) is 23.7 Å². The van der Waals surface area contributed by atoms with Crippen LogP contribution < -0.4 is 14.2 Å². The van der Waals surface area contributed by atoms with E-state index in [0.717, 1.165) is 56.1 Å². The quantitative estimate of drug-likeness (QED) is 0.489. The summed E-state index contributed by atoms with van der Waals surface area (Å²) in [7, 11) is 1.63. The van der Waals surface area contributed by atoms with Gasteiger partial charge in [0.2, 0.25) is 12.5 Å². The molecule has 3 saturated carbocycles. The van der Waals surface area contributed by atoms with Crippen LogP contribution in [0.2, 0.25) is 0 Å². The Bertz CT molecular complexity index is 1070. The van der Waals surface area contributed by atoms with Crippen molar-refractivity contribution < 1.29 is 24.1 Å². The van der Waals surface area contributed by atoms with Gasteiger partial charge in [0.15, 0.2) is 17.3 Å². The van der Waals surface area contributed by atoms with Crippen LogP contribution in [0.5, 0.6) is 17.2 Å². The highest BCUT2D eigenvalue weighted by molar-refractivity contribution is 6.06. The number of rotatable bonds is 2. The number of ketones is 1. The molecule has 5 aliphatic rings. The number of Topliss-reactive ketones (excluding diaryl/α,β-unsaturated/α-hetero) is 1. The van der Waals surface area contributed by atoms with Crippen LogP contribution in [0, 0.1) is 28.6 Å². The molecule has 0 amide bonds. The average molecular weight is 451 g/mol. The molecule has 6 rings (SSSR count). The molecular formula is C28H34O5. The Balaban J connectivity index is 1.33. The fourth-order valence-electron chi connectivity index (χ4n) is 7.88. The van der Waals surface area contributed by atoms with Crippen LogP contribution in [-0.4, -0.2) is 30.9 Å². The third kappa shape index (κ3) is 3.04. The molecule has 0 radical (unpaired) electrons. The van der Waals surface area contributed by atoms with Crippen LogP contribution in [0.3, 0.4) is 0 Å². The SMILES string of the molecule is COc1cc(/C=C2\C[C@H]3[C@@H]4CC=C5C[C@@H](O)CC[C@]5(C)[C@H]4CC[C@]3(C)C2=O)cc2c1OCO2. The minimum atomic E-state index is -0.274. The third-order valence-electron chi connectivity index (χ3n) is 9.74. The molecule has 0 saturated heterocycles. The zero-order chi connectivity index (χ0) is 23.0. The molecule has 0 bridgehead atoms. The highest BCUT2D eigenvalue weighted by Crippen LogP contribution is 2.64. The maximum absolute atomic E-state index is 13.7. The largest absolute Gasteiger partial charge is 0.493 e. The summed E-state index contributed by atoms with van der Waals surface area (Å²) in [5.74, 6) is 3.80. The number of aliphatic hydroxyl groups excluding tert-OH is 1. The number of fused-ring (bicyclic) bond motifs is 6. The van der Waals surface area contributed by atoms with Crippen molar-refractivity contribution in [3.05, 3.63) is 34.9 Å². The van der Waals surface area contributed by atoms with Gasteiger partial charge >= 0.3 is 0 Å². The summed E-state index contributed by atoms with van der Waals surface area (Å²) in [4.78, 5) is 13.7. The smallest absolute Gasteiger partial charge is 0.231 e. The number of hydrogen-bond acceptors (Lipinski definition) is 5. The lowest BCUT2D eigenvalue weighted by Crippen LogP contribution is -2.50. The van der Waals surface area contributed by atoms with E-state index in [2.05, 4.69) is 19.9 Å². The van der Waals surface area contributed by atoms with Crippen molar-refractivity contribution >= 4 is 11.9 Å². The first kappa shape index (κ1) is 21.3. The Hall–Kier alpha value is -2.27. The number of hydrogen-bond donors (Lipinski definition) is 1. The fourth-order valence-corrected chi connectivity index (χ4v) is 7.88. The molecule has 176 valence electrons. The molecule has 33 heavy (non-hydrogen) atoms. The topological polar surface area (TPSA) is 65.0 Å². The van der Waals surface area contributed by atoms with Crippen molar-refractivity contribution in [2.24, 2.45) is 28.6 Å². The molecule has 1 aromatic carbocycles. The van der Waals surface area contributed by atoms with E-state index >= 15 is 0 Å². The summed E-state index contributed by atoms with van der Waals surface area (Å²) in [5.41, 5.74) is 3.24. The maximum Gasteiger partial charge on any atom is 0.231 e. The van der Waals surface area contributed by atoms with Crippen LogP contribution in [0.15, 0.2) is 29.4 Å². The van der Waals surface area contributed by atoms with Gasteiger partial charge in [-0.05, 0) is 97.5 Å². The number of benzene rings is 1. The molecule has 4 aliphatic carbocycles. The van der Waals surface area contributed by atoms with E-state index in [1.54, 1.807) is 7.11 Å². The van der Waals surface area contributed by atoms with Crippen LogP contribution in [0.25, 0.3) is 6.08 Å². The van der Waals surface area contributed by atoms with Gasteiger partial charge in [-0.15, -0.1) is 0 Å². The van der Waals surface area contributed by atoms with Crippen LogP contribution in [0.4, 0.5) is 0 Å². The van der Waals surface area contributed by atoms with Gasteiger partial charge in [-0.2, -0.15) is 0 Å². The van der Waals surface area contributed by atoms with Crippen molar-refractivity contribution in [3.63, 3.8) is 0 Å². The summed E-state index contributed by atoms with van der Waals surface area (Å²) in [6, 6.07) is 3.88. The lowest BCUT2D eigenvalue weighted by molar-refractivity contribution is -0.130. The van der Waals surface area contributed by atoms with Gasteiger partial charge in [0.1, 0.15) is 0 Å². The van der Waals surface area contributed by atoms with Crippen LogP contribution in [0.1, 0.15) is 64.4 Å². The average Bonchev–Trinajstić information content (AvgIpc) is 3.37.